The number of hydrogen-bond donors (Lipinski definition) is 1. The number of halogens is 2. The molecule has 0 heterocycles. The molecule has 2 atom stereocenters. The van der Waals surface area contributed by atoms with Crippen LogP contribution in [0.25, 0.3) is 0 Å². The summed E-state index contributed by atoms with van der Waals surface area (Å²) >= 11 is 11.4. The number of hydrogen-bond acceptors (Lipinski definition) is 1. The summed E-state index contributed by atoms with van der Waals surface area (Å²) in [5, 5.41) is 3.35. The van der Waals surface area contributed by atoms with E-state index < -0.39 is 0 Å². The second-order valence-electron chi connectivity index (χ2n) is 2.02. The molecule has 0 aromatic heterocycles. The van der Waals surface area contributed by atoms with Gasteiger partial charge in [-0.05, 0) is 6.54 Å². The van der Waals surface area contributed by atoms with E-state index in [2.05, 4.69) is 12.2 Å². The molecule has 0 rings (SSSR count). The summed E-state index contributed by atoms with van der Waals surface area (Å²) in [5.74, 6) is 0.544. The van der Waals surface area contributed by atoms with Crippen LogP contribution in [-0.2, 0) is 0 Å². The van der Waals surface area contributed by atoms with Gasteiger partial charge in [0.25, 0.3) is 0 Å². The van der Waals surface area contributed by atoms with Crippen molar-refractivity contribution in [1.29, 1.82) is 0 Å². The Morgan fingerprint density at radius 3 is 2.56 bits per heavy atom. The molecule has 56 valence electrons. The molecule has 4 heteroatoms. The SMILES string of the molecule is CCNC([SiH3])C(Cl)CCl. The second kappa shape index (κ2) is 5.53. The summed E-state index contributed by atoms with van der Waals surface area (Å²) in [6.45, 7) is 3.05. The van der Waals surface area contributed by atoms with Crippen LogP contribution >= 0.6 is 23.2 Å². The molecule has 0 spiro atoms. The van der Waals surface area contributed by atoms with E-state index in [1.165, 1.54) is 0 Å². The fourth-order valence-electron chi connectivity index (χ4n) is 0.583. The minimum absolute atomic E-state index is 0.110. The van der Waals surface area contributed by atoms with Gasteiger partial charge in [-0.3, -0.25) is 0 Å². The summed E-state index contributed by atoms with van der Waals surface area (Å²) in [6.07, 6.45) is 0. The highest BCUT2D eigenvalue weighted by Gasteiger charge is 2.10. The lowest BCUT2D eigenvalue weighted by Gasteiger charge is -2.15. The average Bonchev–Trinajstić information content (AvgIpc) is 1.87. The van der Waals surface area contributed by atoms with Crippen molar-refractivity contribution in [2.45, 2.75) is 18.0 Å². The Kier molecular flexibility index (Phi) is 6.00. The van der Waals surface area contributed by atoms with Crippen LogP contribution in [0.1, 0.15) is 6.92 Å². The fourth-order valence-corrected chi connectivity index (χ4v) is 1.88. The van der Waals surface area contributed by atoms with Crippen LogP contribution in [0.3, 0.4) is 0 Å². The van der Waals surface area contributed by atoms with E-state index in [-0.39, 0.29) is 5.38 Å². The zero-order chi connectivity index (χ0) is 7.28. The number of alkyl halides is 2. The highest BCUT2D eigenvalue weighted by atomic mass is 35.5. The molecule has 0 aromatic rings. The lowest BCUT2D eigenvalue weighted by Crippen LogP contribution is -2.38. The van der Waals surface area contributed by atoms with Crippen LogP contribution < -0.4 is 5.32 Å². The molecule has 0 aliphatic rings. The first-order valence-electron chi connectivity index (χ1n) is 3.15. The molecule has 0 aromatic carbocycles. The molecule has 2 unspecified atom stereocenters. The van der Waals surface area contributed by atoms with Gasteiger partial charge in [0.15, 0.2) is 0 Å². The predicted molar refractivity (Wildman–Crippen MR) is 47.8 cm³/mol. The summed E-state index contributed by atoms with van der Waals surface area (Å²) in [6, 6.07) is 0. The highest BCUT2D eigenvalue weighted by Crippen LogP contribution is 2.01. The Hall–Kier alpha value is 0.757. The van der Waals surface area contributed by atoms with Gasteiger partial charge in [-0.15, -0.1) is 23.2 Å². The van der Waals surface area contributed by atoms with E-state index in [1.54, 1.807) is 0 Å². The van der Waals surface area contributed by atoms with Gasteiger partial charge in [0, 0.05) is 21.8 Å². The van der Waals surface area contributed by atoms with Crippen molar-refractivity contribution in [2.24, 2.45) is 0 Å². The van der Waals surface area contributed by atoms with E-state index in [9.17, 15) is 0 Å². The normalized spacial score (nSPS) is 17.7. The van der Waals surface area contributed by atoms with Crippen LogP contribution in [0.5, 0.6) is 0 Å². The van der Waals surface area contributed by atoms with Gasteiger partial charge in [-0.1, -0.05) is 6.92 Å². The van der Waals surface area contributed by atoms with Crippen molar-refractivity contribution in [3.8, 4) is 0 Å². The zero-order valence-electron chi connectivity index (χ0n) is 5.82. The molecule has 1 N–H and O–H groups in total. The molecule has 9 heavy (non-hydrogen) atoms. The van der Waals surface area contributed by atoms with E-state index >= 15 is 0 Å². The standard InChI is InChI=1S/C5H13Cl2NSi/c1-2-8-5(9)4(7)3-6/h4-5,8H,2-3H2,1,9H3. The van der Waals surface area contributed by atoms with Gasteiger partial charge in [0.05, 0.1) is 5.38 Å². The molecule has 0 bridgehead atoms. The van der Waals surface area contributed by atoms with Crippen molar-refractivity contribution in [1.82, 2.24) is 5.32 Å². The summed E-state index contributed by atoms with van der Waals surface area (Å²) in [7, 11) is 1.06. The molecule has 0 aliphatic heterocycles. The third-order valence-corrected chi connectivity index (χ3v) is 3.87. The summed E-state index contributed by atoms with van der Waals surface area (Å²) < 4.78 is 0. The minimum atomic E-state index is 0.110. The topological polar surface area (TPSA) is 12.0 Å². The quantitative estimate of drug-likeness (QED) is 0.486. The van der Waals surface area contributed by atoms with Crippen LogP contribution in [0.4, 0.5) is 0 Å². The Labute approximate surface area is 69.5 Å². The van der Waals surface area contributed by atoms with E-state index in [0.717, 1.165) is 16.8 Å². The molecular weight excluding hydrogens is 173 g/mol. The number of nitrogens with one attached hydrogen (secondary N) is 1. The molecule has 0 amide bonds. The smallest absolute Gasteiger partial charge is 0.0587 e. The van der Waals surface area contributed by atoms with Crippen LogP contribution in [0.2, 0.25) is 0 Å². The van der Waals surface area contributed by atoms with Crippen LogP contribution in [0, 0.1) is 0 Å². The molecule has 0 aliphatic carbocycles. The molecule has 0 saturated heterocycles. The van der Waals surface area contributed by atoms with Gasteiger partial charge >= 0.3 is 0 Å². The number of rotatable bonds is 4. The van der Waals surface area contributed by atoms with Gasteiger partial charge in [-0.25, -0.2) is 0 Å². The molecular formula is C5H13Cl2NSi. The second-order valence-corrected chi connectivity index (χ2v) is 4.13. The monoisotopic (exact) mass is 185 g/mol. The van der Waals surface area contributed by atoms with E-state index in [4.69, 9.17) is 23.2 Å². The first-order valence-corrected chi connectivity index (χ1v) is 5.28. The van der Waals surface area contributed by atoms with Crippen LogP contribution in [0.15, 0.2) is 0 Å². The third-order valence-electron chi connectivity index (χ3n) is 1.22. The van der Waals surface area contributed by atoms with Crippen molar-refractivity contribution < 1.29 is 0 Å². The third kappa shape index (κ3) is 4.20. The molecule has 0 radical (unpaired) electrons. The lowest BCUT2D eigenvalue weighted by molar-refractivity contribution is 0.656. The van der Waals surface area contributed by atoms with Crippen molar-refractivity contribution >= 4 is 33.4 Å². The molecule has 0 saturated carbocycles. The van der Waals surface area contributed by atoms with Gasteiger partial charge in [-0.2, -0.15) is 0 Å². The Morgan fingerprint density at radius 2 is 2.22 bits per heavy atom. The van der Waals surface area contributed by atoms with Gasteiger partial charge in [0.1, 0.15) is 0 Å². The Morgan fingerprint density at radius 1 is 1.67 bits per heavy atom. The van der Waals surface area contributed by atoms with Crippen molar-refractivity contribution in [2.75, 3.05) is 12.4 Å². The molecule has 0 fully saturated rings. The van der Waals surface area contributed by atoms with Gasteiger partial charge in [0.2, 0.25) is 0 Å². The molecule has 1 nitrogen and oxygen atoms in total. The highest BCUT2D eigenvalue weighted by molar-refractivity contribution is 6.31. The van der Waals surface area contributed by atoms with E-state index in [1.807, 2.05) is 0 Å². The Balaban J connectivity index is 3.32. The predicted octanol–water partition coefficient (Wildman–Crippen LogP) is 0.134. The maximum atomic E-state index is 5.83. The van der Waals surface area contributed by atoms with Crippen molar-refractivity contribution in [3.05, 3.63) is 0 Å². The minimum Gasteiger partial charge on any atom is -0.316 e. The maximum absolute atomic E-state index is 5.83. The van der Waals surface area contributed by atoms with Crippen LogP contribution in [-0.4, -0.2) is 33.7 Å². The zero-order valence-corrected chi connectivity index (χ0v) is 9.34. The fraction of sp³-hybridized carbons (Fsp3) is 1.00. The van der Waals surface area contributed by atoms with Crippen molar-refractivity contribution in [3.63, 3.8) is 0 Å². The first kappa shape index (κ1) is 9.76. The average molecular weight is 186 g/mol. The largest absolute Gasteiger partial charge is 0.316 e. The Bertz CT molecular complexity index is 72.0. The van der Waals surface area contributed by atoms with Gasteiger partial charge < -0.3 is 5.32 Å². The summed E-state index contributed by atoms with van der Waals surface area (Å²) in [4.78, 5) is 0. The first-order chi connectivity index (χ1) is 4.22. The maximum Gasteiger partial charge on any atom is 0.0587 e. The lowest BCUT2D eigenvalue weighted by atomic mass is 10.4. The summed E-state index contributed by atoms with van der Waals surface area (Å²) in [5.41, 5.74) is 0.453. The van der Waals surface area contributed by atoms with E-state index in [0.29, 0.717) is 11.5 Å².